The van der Waals surface area contributed by atoms with Gasteiger partial charge in [0.05, 0.1) is 13.1 Å². The quantitative estimate of drug-likeness (QED) is 0.530. The van der Waals surface area contributed by atoms with Crippen molar-refractivity contribution in [3.8, 4) is 0 Å². The number of likely N-dealkylation sites (tertiary alicyclic amines) is 3. The van der Waals surface area contributed by atoms with Gasteiger partial charge in [0.2, 0.25) is 0 Å². The molecule has 0 amide bonds. The van der Waals surface area contributed by atoms with Crippen molar-refractivity contribution in [2.24, 2.45) is 16.7 Å². The zero-order valence-corrected chi connectivity index (χ0v) is 25.1. The highest BCUT2D eigenvalue weighted by molar-refractivity contribution is 5.69. The smallest absolute Gasteiger partial charge is 0.317 e. The predicted octanol–water partition coefficient (Wildman–Crippen LogP) is 5.29. The fourth-order valence-electron chi connectivity index (χ4n) is 5.97. The van der Waals surface area contributed by atoms with Crippen LogP contribution in [-0.4, -0.2) is 93.7 Å². The van der Waals surface area contributed by atoms with Gasteiger partial charge in [-0.25, -0.2) is 0 Å². The second-order valence-corrected chi connectivity index (χ2v) is 14.2. The molecule has 212 valence electrons. The van der Waals surface area contributed by atoms with Gasteiger partial charge < -0.3 is 10.2 Å². The Morgan fingerprint density at radius 1 is 0.750 bits per heavy atom. The van der Waals surface area contributed by atoms with E-state index in [2.05, 4.69) is 79.0 Å². The Labute approximate surface area is 221 Å². The van der Waals surface area contributed by atoms with Crippen molar-refractivity contribution < 1.29 is 19.8 Å². The summed E-state index contributed by atoms with van der Waals surface area (Å²) in [5.41, 5.74) is 0.898. The lowest BCUT2D eigenvalue weighted by molar-refractivity contribution is -0.139. The standard InChI is InChI=1S/2C10H19NO2.C9H19N/c1-10(2,3)8-4-5-11(6-8)7-9(12)13;1-10(2,3)8-5-4-6-11(8)7-9(12)13;1-8-6-5-7-10(8)9(2,3)4/h2*8H,4-7H2,1-3H3,(H,12,13);8H,5-7H2,1-4H3. The summed E-state index contributed by atoms with van der Waals surface area (Å²) in [7, 11) is 0. The SMILES string of the molecule is CC(C)(C)C1CCCN1CC(=O)O.CC(C)(C)C1CCN(CC(=O)O)C1.CC1CCCN1C(C)(C)C. The first kappa shape index (κ1) is 32.8. The minimum absolute atomic E-state index is 0.196. The van der Waals surface area contributed by atoms with E-state index in [0.29, 0.717) is 22.9 Å². The summed E-state index contributed by atoms with van der Waals surface area (Å²) in [4.78, 5) is 27.8. The summed E-state index contributed by atoms with van der Waals surface area (Å²) >= 11 is 0. The zero-order chi connectivity index (χ0) is 27.9. The van der Waals surface area contributed by atoms with Gasteiger partial charge in [0.25, 0.3) is 0 Å². The van der Waals surface area contributed by atoms with Gasteiger partial charge in [0, 0.05) is 24.2 Å². The summed E-state index contributed by atoms with van der Waals surface area (Å²) in [6.45, 7) is 27.0. The van der Waals surface area contributed by atoms with Crippen molar-refractivity contribution in [3.05, 3.63) is 0 Å². The van der Waals surface area contributed by atoms with Gasteiger partial charge in [-0.1, -0.05) is 41.5 Å². The molecule has 36 heavy (non-hydrogen) atoms. The number of hydrogen-bond acceptors (Lipinski definition) is 5. The van der Waals surface area contributed by atoms with Crippen molar-refractivity contribution in [2.75, 3.05) is 39.3 Å². The van der Waals surface area contributed by atoms with Crippen LogP contribution in [-0.2, 0) is 9.59 Å². The van der Waals surface area contributed by atoms with Crippen molar-refractivity contribution in [2.45, 2.75) is 119 Å². The average Bonchev–Trinajstić information content (AvgIpc) is 3.41. The van der Waals surface area contributed by atoms with Crippen LogP contribution in [0, 0.1) is 16.7 Å². The van der Waals surface area contributed by atoms with Gasteiger partial charge in [-0.15, -0.1) is 0 Å². The lowest BCUT2D eigenvalue weighted by atomic mass is 9.80. The Hall–Kier alpha value is -1.18. The number of nitrogens with zero attached hydrogens (tertiary/aromatic N) is 3. The monoisotopic (exact) mass is 511 g/mol. The van der Waals surface area contributed by atoms with E-state index in [-0.39, 0.29) is 18.5 Å². The molecule has 0 aromatic heterocycles. The maximum atomic E-state index is 10.6. The van der Waals surface area contributed by atoms with Crippen LogP contribution < -0.4 is 0 Å². The van der Waals surface area contributed by atoms with Crippen molar-refractivity contribution >= 4 is 11.9 Å². The average molecular weight is 512 g/mol. The molecule has 0 radical (unpaired) electrons. The summed E-state index contributed by atoms with van der Waals surface area (Å²) in [6.07, 6.45) is 6.18. The molecular formula is C29H57N3O4. The van der Waals surface area contributed by atoms with E-state index in [1.54, 1.807) is 0 Å². The molecule has 0 bridgehead atoms. The number of rotatable bonds is 4. The third-order valence-electron chi connectivity index (χ3n) is 7.97. The summed E-state index contributed by atoms with van der Waals surface area (Å²) in [6, 6.07) is 1.24. The van der Waals surface area contributed by atoms with Crippen LogP contribution in [0.4, 0.5) is 0 Å². The fraction of sp³-hybridized carbons (Fsp3) is 0.931. The van der Waals surface area contributed by atoms with Crippen LogP contribution in [0.2, 0.25) is 0 Å². The number of hydrogen-bond donors (Lipinski definition) is 2. The van der Waals surface area contributed by atoms with Gasteiger partial charge in [-0.2, -0.15) is 0 Å². The topological polar surface area (TPSA) is 84.3 Å². The highest BCUT2D eigenvalue weighted by atomic mass is 16.4. The molecule has 3 rings (SSSR count). The molecule has 3 heterocycles. The molecule has 3 saturated heterocycles. The highest BCUT2D eigenvalue weighted by Crippen LogP contribution is 2.33. The first-order chi connectivity index (χ1) is 16.3. The summed E-state index contributed by atoms with van der Waals surface area (Å²) in [5, 5.41) is 17.3. The fourth-order valence-corrected chi connectivity index (χ4v) is 5.97. The summed E-state index contributed by atoms with van der Waals surface area (Å²) < 4.78 is 0. The maximum Gasteiger partial charge on any atom is 0.317 e. The van der Waals surface area contributed by atoms with E-state index < -0.39 is 11.9 Å². The van der Waals surface area contributed by atoms with Crippen LogP contribution >= 0.6 is 0 Å². The Morgan fingerprint density at radius 2 is 1.31 bits per heavy atom. The molecule has 0 aromatic rings. The largest absolute Gasteiger partial charge is 0.480 e. The molecule has 0 aliphatic carbocycles. The number of carboxylic acid groups (broad SMARTS) is 2. The van der Waals surface area contributed by atoms with Gasteiger partial charge in [0.15, 0.2) is 0 Å². The lowest BCUT2D eigenvalue weighted by Crippen LogP contribution is -2.43. The number of aliphatic carboxylic acids is 2. The molecular weight excluding hydrogens is 454 g/mol. The molecule has 7 nitrogen and oxygen atoms in total. The van der Waals surface area contributed by atoms with E-state index >= 15 is 0 Å². The second kappa shape index (κ2) is 13.6. The van der Waals surface area contributed by atoms with Crippen molar-refractivity contribution in [3.63, 3.8) is 0 Å². The molecule has 3 fully saturated rings. The lowest BCUT2D eigenvalue weighted by Gasteiger charge is -2.35. The first-order valence-electron chi connectivity index (χ1n) is 14.0. The molecule has 0 saturated carbocycles. The Kier molecular flexibility index (Phi) is 12.4. The number of carboxylic acids is 2. The van der Waals surface area contributed by atoms with Crippen molar-refractivity contribution in [1.82, 2.24) is 14.7 Å². The minimum Gasteiger partial charge on any atom is -0.480 e. The first-order valence-corrected chi connectivity index (χ1v) is 14.0. The van der Waals surface area contributed by atoms with Gasteiger partial charge in [0.1, 0.15) is 0 Å². The highest BCUT2D eigenvalue weighted by Gasteiger charge is 2.35. The molecule has 2 N–H and O–H groups in total. The summed E-state index contributed by atoms with van der Waals surface area (Å²) in [5.74, 6) is -0.780. The van der Waals surface area contributed by atoms with Gasteiger partial charge in [-0.05, 0) is 96.2 Å². The number of carbonyl (C=O) groups is 2. The van der Waals surface area contributed by atoms with E-state index in [1.165, 1.54) is 19.4 Å². The van der Waals surface area contributed by atoms with Crippen LogP contribution in [0.15, 0.2) is 0 Å². The zero-order valence-electron chi connectivity index (χ0n) is 25.1. The molecule has 3 aliphatic rings. The Morgan fingerprint density at radius 3 is 1.67 bits per heavy atom. The third kappa shape index (κ3) is 11.5. The molecule has 3 atom stereocenters. The Bertz CT molecular complexity index is 690. The predicted molar refractivity (Wildman–Crippen MR) is 148 cm³/mol. The van der Waals surface area contributed by atoms with Gasteiger partial charge >= 0.3 is 11.9 Å². The molecule has 7 heteroatoms. The molecule has 0 aromatic carbocycles. The Balaban J connectivity index is 0.000000273. The van der Waals surface area contributed by atoms with Crippen LogP contribution in [0.5, 0.6) is 0 Å². The normalized spacial score (nSPS) is 26.2. The molecule has 0 spiro atoms. The molecule has 3 aliphatic heterocycles. The van der Waals surface area contributed by atoms with Crippen LogP contribution in [0.3, 0.4) is 0 Å². The van der Waals surface area contributed by atoms with E-state index in [1.807, 2.05) is 4.90 Å². The third-order valence-corrected chi connectivity index (χ3v) is 7.97. The van der Waals surface area contributed by atoms with E-state index in [9.17, 15) is 9.59 Å². The maximum absolute atomic E-state index is 10.6. The van der Waals surface area contributed by atoms with Crippen LogP contribution in [0.25, 0.3) is 0 Å². The van der Waals surface area contributed by atoms with Gasteiger partial charge in [-0.3, -0.25) is 24.3 Å². The van der Waals surface area contributed by atoms with E-state index in [4.69, 9.17) is 10.2 Å². The molecule has 3 unspecified atom stereocenters. The second-order valence-electron chi connectivity index (χ2n) is 14.2. The van der Waals surface area contributed by atoms with E-state index in [0.717, 1.165) is 44.9 Å². The minimum atomic E-state index is -0.713. The van der Waals surface area contributed by atoms with Crippen LogP contribution in [0.1, 0.15) is 101 Å². The van der Waals surface area contributed by atoms with Crippen molar-refractivity contribution in [1.29, 1.82) is 0 Å².